The first-order chi connectivity index (χ1) is 12.4. The second-order valence-corrected chi connectivity index (χ2v) is 5.78. The van der Waals surface area contributed by atoms with E-state index < -0.39 is 16.9 Å². The van der Waals surface area contributed by atoms with Gasteiger partial charge in [0.25, 0.3) is 17.5 Å². The van der Waals surface area contributed by atoms with Gasteiger partial charge in [-0.2, -0.15) is 0 Å². The molecule has 0 aliphatic carbocycles. The molecule has 134 valence electrons. The van der Waals surface area contributed by atoms with Gasteiger partial charge in [0.2, 0.25) is 0 Å². The largest absolute Gasteiger partial charge is 0.479 e. The fourth-order valence-corrected chi connectivity index (χ4v) is 2.75. The zero-order valence-corrected chi connectivity index (χ0v) is 14.3. The highest BCUT2D eigenvalue weighted by molar-refractivity contribution is 6.05. The maximum absolute atomic E-state index is 12.3. The number of fused-ring (bicyclic) bond motifs is 1. The predicted molar refractivity (Wildman–Crippen MR) is 95.6 cm³/mol. The van der Waals surface area contributed by atoms with Crippen LogP contribution in [0.3, 0.4) is 0 Å². The van der Waals surface area contributed by atoms with Crippen LogP contribution >= 0.6 is 0 Å². The fraction of sp³-hybridized carbons (Fsp3) is 0.222. The molecule has 0 saturated heterocycles. The quantitative estimate of drug-likeness (QED) is 0.671. The summed E-state index contributed by atoms with van der Waals surface area (Å²) < 4.78 is 5.63. The molecule has 0 radical (unpaired) electrons. The van der Waals surface area contributed by atoms with Crippen molar-refractivity contribution in [3.63, 3.8) is 0 Å². The Labute approximate surface area is 149 Å². The van der Waals surface area contributed by atoms with Crippen LogP contribution in [0.25, 0.3) is 0 Å². The van der Waals surface area contributed by atoms with Crippen molar-refractivity contribution in [2.45, 2.75) is 20.0 Å². The minimum absolute atomic E-state index is 0.0814. The summed E-state index contributed by atoms with van der Waals surface area (Å²) in [6.07, 6.45) is -0.594. The van der Waals surface area contributed by atoms with Crippen LogP contribution in [-0.2, 0) is 4.79 Å². The first-order valence-electron chi connectivity index (χ1n) is 8.08. The molecule has 1 aliphatic rings. The van der Waals surface area contributed by atoms with Gasteiger partial charge in [-0.1, -0.05) is 0 Å². The first-order valence-corrected chi connectivity index (χ1v) is 8.08. The van der Waals surface area contributed by atoms with Crippen LogP contribution in [0.1, 0.15) is 24.2 Å². The van der Waals surface area contributed by atoms with Gasteiger partial charge in [-0.05, 0) is 38.1 Å². The molecule has 1 N–H and O–H groups in total. The number of carbonyl (C=O) groups is 2. The van der Waals surface area contributed by atoms with Gasteiger partial charge in [-0.3, -0.25) is 19.7 Å². The van der Waals surface area contributed by atoms with E-state index in [0.29, 0.717) is 29.2 Å². The van der Waals surface area contributed by atoms with Crippen LogP contribution in [-0.4, -0.2) is 29.4 Å². The lowest BCUT2D eigenvalue weighted by molar-refractivity contribution is -0.384. The normalized spacial score (nSPS) is 15.8. The summed E-state index contributed by atoms with van der Waals surface area (Å²) in [5.41, 5.74) is 1.38. The molecule has 0 spiro atoms. The van der Waals surface area contributed by atoms with Crippen molar-refractivity contribution in [3.05, 3.63) is 58.1 Å². The monoisotopic (exact) mass is 355 g/mol. The van der Waals surface area contributed by atoms with Crippen molar-refractivity contribution in [1.82, 2.24) is 0 Å². The number of nitro benzene ring substituents is 1. The van der Waals surface area contributed by atoms with E-state index in [1.54, 1.807) is 30.0 Å². The molecule has 1 aliphatic heterocycles. The Balaban J connectivity index is 1.81. The maximum Gasteiger partial charge on any atom is 0.269 e. The molecule has 2 aromatic carbocycles. The number of benzene rings is 2. The minimum Gasteiger partial charge on any atom is -0.479 e. The van der Waals surface area contributed by atoms with Crippen molar-refractivity contribution in [1.29, 1.82) is 0 Å². The summed E-state index contributed by atoms with van der Waals surface area (Å²) in [5, 5.41) is 13.4. The third-order valence-corrected chi connectivity index (χ3v) is 4.08. The highest BCUT2D eigenvalue weighted by atomic mass is 16.6. The van der Waals surface area contributed by atoms with Crippen molar-refractivity contribution in [2.75, 3.05) is 16.8 Å². The third kappa shape index (κ3) is 3.21. The second kappa shape index (κ2) is 6.83. The lowest BCUT2D eigenvalue weighted by Crippen LogP contribution is -2.44. The van der Waals surface area contributed by atoms with E-state index in [0.717, 1.165) is 0 Å². The standard InChI is InChI=1S/C18H17N3O5/c1-3-20-15-9-6-13(10-16(15)26-11(2)18(20)23)19-17(22)12-4-7-14(8-5-12)21(24)25/h4-11H,3H2,1-2H3,(H,19,22). The Kier molecular flexibility index (Phi) is 4.57. The number of hydrogen-bond donors (Lipinski definition) is 1. The number of ether oxygens (including phenoxy) is 1. The summed E-state index contributed by atoms with van der Waals surface area (Å²) in [6.45, 7) is 4.08. The Bertz CT molecular complexity index is 879. The number of non-ortho nitro benzene ring substituents is 1. The van der Waals surface area contributed by atoms with Gasteiger partial charge in [-0.25, -0.2) is 0 Å². The van der Waals surface area contributed by atoms with Gasteiger partial charge < -0.3 is 15.0 Å². The molecule has 1 atom stereocenters. The molecular weight excluding hydrogens is 338 g/mol. The summed E-state index contributed by atoms with van der Waals surface area (Å²) in [4.78, 5) is 36.2. The van der Waals surface area contributed by atoms with E-state index in [-0.39, 0.29) is 11.6 Å². The average Bonchev–Trinajstić information content (AvgIpc) is 2.63. The van der Waals surface area contributed by atoms with Gasteiger partial charge in [-0.15, -0.1) is 0 Å². The van der Waals surface area contributed by atoms with E-state index in [2.05, 4.69) is 5.32 Å². The minimum atomic E-state index is -0.594. The SMILES string of the molecule is CCN1C(=O)C(C)Oc2cc(NC(=O)c3ccc([N+](=O)[O-])cc3)ccc21. The molecule has 0 fully saturated rings. The molecule has 8 heteroatoms. The number of rotatable bonds is 4. The molecule has 2 amide bonds. The highest BCUT2D eigenvalue weighted by Gasteiger charge is 2.30. The summed E-state index contributed by atoms with van der Waals surface area (Å²) >= 11 is 0. The Morgan fingerprint density at radius 1 is 1.27 bits per heavy atom. The smallest absolute Gasteiger partial charge is 0.269 e. The van der Waals surface area contributed by atoms with Crippen LogP contribution in [0.5, 0.6) is 5.75 Å². The lowest BCUT2D eigenvalue weighted by Gasteiger charge is -2.32. The maximum atomic E-state index is 12.3. The van der Waals surface area contributed by atoms with Crippen molar-refractivity contribution < 1.29 is 19.2 Å². The fourth-order valence-electron chi connectivity index (χ4n) is 2.75. The molecule has 1 heterocycles. The molecule has 8 nitrogen and oxygen atoms in total. The number of hydrogen-bond acceptors (Lipinski definition) is 5. The third-order valence-electron chi connectivity index (χ3n) is 4.08. The number of nitro groups is 1. The molecule has 26 heavy (non-hydrogen) atoms. The van der Waals surface area contributed by atoms with Crippen LogP contribution in [0.15, 0.2) is 42.5 Å². The van der Waals surface area contributed by atoms with Gasteiger partial charge in [0.15, 0.2) is 6.10 Å². The van der Waals surface area contributed by atoms with Crippen LogP contribution in [0.2, 0.25) is 0 Å². The topological polar surface area (TPSA) is 102 Å². The predicted octanol–water partition coefficient (Wildman–Crippen LogP) is 2.98. The van der Waals surface area contributed by atoms with Crippen molar-refractivity contribution in [3.8, 4) is 5.75 Å². The zero-order chi connectivity index (χ0) is 18.8. The van der Waals surface area contributed by atoms with E-state index in [1.807, 2.05) is 6.92 Å². The molecular formula is C18H17N3O5. The molecule has 0 saturated carbocycles. The molecule has 0 bridgehead atoms. The highest BCUT2D eigenvalue weighted by Crippen LogP contribution is 2.36. The number of nitrogens with one attached hydrogen (secondary N) is 1. The van der Waals surface area contributed by atoms with Crippen molar-refractivity contribution >= 4 is 28.9 Å². The summed E-state index contributed by atoms with van der Waals surface area (Å²) in [7, 11) is 0. The van der Waals surface area contributed by atoms with Crippen molar-refractivity contribution in [2.24, 2.45) is 0 Å². The van der Waals surface area contributed by atoms with Gasteiger partial charge >= 0.3 is 0 Å². The van der Waals surface area contributed by atoms with E-state index >= 15 is 0 Å². The number of nitrogens with zero attached hydrogens (tertiary/aromatic N) is 2. The van der Waals surface area contributed by atoms with E-state index in [1.165, 1.54) is 24.3 Å². The number of amides is 2. The number of anilines is 2. The summed E-state index contributed by atoms with van der Waals surface area (Å²) in [6, 6.07) is 10.4. The van der Waals surface area contributed by atoms with Crippen LogP contribution < -0.4 is 15.0 Å². The van der Waals surface area contributed by atoms with Crippen LogP contribution in [0.4, 0.5) is 17.1 Å². The Morgan fingerprint density at radius 2 is 1.96 bits per heavy atom. The van der Waals surface area contributed by atoms with Gasteiger partial charge in [0.05, 0.1) is 10.6 Å². The van der Waals surface area contributed by atoms with Gasteiger partial charge in [0.1, 0.15) is 5.75 Å². The molecule has 3 rings (SSSR count). The second-order valence-electron chi connectivity index (χ2n) is 5.78. The zero-order valence-electron chi connectivity index (χ0n) is 14.3. The number of likely N-dealkylation sites (N-methyl/N-ethyl adjacent to an activating group) is 1. The average molecular weight is 355 g/mol. The summed E-state index contributed by atoms with van der Waals surface area (Å²) in [5.74, 6) is 0.00949. The van der Waals surface area contributed by atoms with Crippen LogP contribution in [0, 0.1) is 10.1 Å². The molecule has 1 unspecified atom stereocenters. The van der Waals surface area contributed by atoms with Gasteiger partial charge in [0, 0.05) is 36.0 Å². The Morgan fingerprint density at radius 3 is 2.58 bits per heavy atom. The molecule has 2 aromatic rings. The molecule has 0 aromatic heterocycles. The Hall–Kier alpha value is -3.42. The van der Waals surface area contributed by atoms with E-state index in [4.69, 9.17) is 4.74 Å². The van der Waals surface area contributed by atoms with E-state index in [9.17, 15) is 19.7 Å². The first kappa shape index (κ1) is 17.4. The number of carbonyl (C=O) groups excluding carboxylic acids is 2. The lowest BCUT2D eigenvalue weighted by atomic mass is 10.1.